The second-order valence-corrected chi connectivity index (χ2v) is 4.04. The quantitative estimate of drug-likeness (QED) is 0.842. The Balaban J connectivity index is 1.87. The summed E-state index contributed by atoms with van der Waals surface area (Å²) in [6, 6.07) is 5.46. The van der Waals surface area contributed by atoms with Crippen LogP contribution in [0.25, 0.3) is 11.6 Å². The molecule has 2 aromatic heterocycles. The summed E-state index contributed by atoms with van der Waals surface area (Å²) in [6.45, 7) is 0. The van der Waals surface area contributed by atoms with Crippen LogP contribution in [-0.4, -0.2) is 15.1 Å². The van der Waals surface area contributed by atoms with Gasteiger partial charge in [-0.05, 0) is 30.9 Å². The van der Waals surface area contributed by atoms with Crippen molar-refractivity contribution in [3.63, 3.8) is 0 Å². The molecule has 2 N–H and O–H groups in total. The lowest BCUT2D eigenvalue weighted by atomic mass is 10.2. The molecule has 0 saturated heterocycles. The first-order valence-corrected chi connectivity index (χ1v) is 5.35. The summed E-state index contributed by atoms with van der Waals surface area (Å²) in [7, 11) is 0. The third-order valence-corrected chi connectivity index (χ3v) is 2.75. The fourth-order valence-corrected chi connectivity index (χ4v) is 1.63. The molecular weight excluding hydrogens is 204 g/mol. The number of nitrogens with zero attached hydrogens (tertiary/aromatic N) is 3. The van der Waals surface area contributed by atoms with Gasteiger partial charge in [0.2, 0.25) is 0 Å². The van der Waals surface area contributed by atoms with Gasteiger partial charge in [-0.3, -0.25) is 4.98 Å². The monoisotopic (exact) mass is 216 g/mol. The van der Waals surface area contributed by atoms with E-state index < -0.39 is 0 Å². The van der Waals surface area contributed by atoms with Crippen molar-refractivity contribution in [1.82, 2.24) is 15.1 Å². The van der Waals surface area contributed by atoms with Gasteiger partial charge in [0.05, 0.1) is 6.04 Å². The van der Waals surface area contributed by atoms with E-state index >= 15 is 0 Å². The Morgan fingerprint density at radius 3 is 2.94 bits per heavy atom. The fourth-order valence-electron chi connectivity index (χ4n) is 1.63. The molecule has 1 fully saturated rings. The Labute approximate surface area is 92.7 Å². The first-order valence-electron chi connectivity index (χ1n) is 5.35. The first-order chi connectivity index (χ1) is 7.84. The molecule has 0 aromatic carbocycles. The van der Waals surface area contributed by atoms with E-state index in [1.165, 1.54) is 0 Å². The SMILES string of the molecule is NC(c1noc(-c2ccccn2)n1)C1CC1. The van der Waals surface area contributed by atoms with E-state index in [9.17, 15) is 0 Å². The lowest BCUT2D eigenvalue weighted by Crippen LogP contribution is -2.13. The number of aromatic nitrogens is 3. The summed E-state index contributed by atoms with van der Waals surface area (Å²) >= 11 is 0. The maximum absolute atomic E-state index is 5.99. The van der Waals surface area contributed by atoms with Crippen molar-refractivity contribution >= 4 is 0 Å². The maximum atomic E-state index is 5.99. The molecule has 0 aliphatic heterocycles. The van der Waals surface area contributed by atoms with Gasteiger partial charge in [-0.1, -0.05) is 11.2 Å². The van der Waals surface area contributed by atoms with Gasteiger partial charge in [0.15, 0.2) is 5.82 Å². The Morgan fingerprint density at radius 2 is 2.25 bits per heavy atom. The molecule has 2 aromatic rings. The zero-order valence-corrected chi connectivity index (χ0v) is 8.71. The predicted octanol–water partition coefficient (Wildman–Crippen LogP) is 1.54. The van der Waals surface area contributed by atoms with Crippen LogP contribution in [0, 0.1) is 5.92 Å². The van der Waals surface area contributed by atoms with Gasteiger partial charge >= 0.3 is 0 Å². The molecule has 0 amide bonds. The smallest absolute Gasteiger partial charge is 0.276 e. The van der Waals surface area contributed by atoms with Crippen LogP contribution < -0.4 is 5.73 Å². The zero-order chi connectivity index (χ0) is 11.0. The summed E-state index contributed by atoms with van der Waals surface area (Å²) in [5.41, 5.74) is 6.67. The summed E-state index contributed by atoms with van der Waals surface area (Å²) < 4.78 is 5.15. The van der Waals surface area contributed by atoms with Crippen LogP contribution >= 0.6 is 0 Å². The molecule has 0 radical (unpaired) electrons. The van der Waals surface area contributed by atoms with Gasteiger partial charge in [-0.25, -0.2) is 0 Å². The Hall–Kier alpha value is -1.75. The normalized spacial score (nSPS) is 17.3. The minimum atomic E-state index is -0.0961. The minimum Gasteiger partial charge on any atom is -0.332 e. The summed E-state index contributed by atoms with van der Waals surface area (Å²) in [5.74, 6) is 1.55. The average molecular weight is 216 g/mol. The van der Waals surface area contributed by atoms with Crippen molar-refractivity contribution in [3.05, 3.63) is 30.2 Å². The number of rotatable bonds is 3. The molecule has 5 nitrogen and oxygen atoms in total. The highest BCUT2D eigenvalue weighted by atomic mass is 16.5. The maximum Gasteiger partial charge on any atom is 0.276 e. The van der Waals surface area contributed by atoms with E-state index in [4.69, 9.17) is 10.3 Å². The molecule has 82 valence electrons. The van der Waals surface area contributed by atoms with Gasteiger partial charge < -0.3 is 10.3 Å². The Kier molecular flexibility index (Phi) is 2.18. The Bertz CT molecular complexity index is 478. The topological polar surface area (TPSA) is 77.8 Å². The molecule has 0 spiro atoms. The molecule has 1 unspecified atom stereocenters. The molecule has 1 aliphatic rings. The van der Waals surface area contributed by atoms with Gasteiger partial charge in [-0.2, -0.15) is 4.98 Å². The van der Waals surface area contributed by atoms with Crippen molar-refractivity contribution < 1.29 is 4.52 Å². The largest absolute Gasteiger partial charge is 0.332 e. The molecule has 1 atom stereocenters. The third kappa shape index (κ3) is 1.69. The standard InChI is InChI=1S/C11H12N4O/c12-9(7-4-5-7)10-14-11(16-15-10)8-3-1-2-6-13-8/h1-3,6-7,9H,4-5,12H2. The predicted molar refractivity (Wildman–Crippen MR) is 57.2 cm³/mol. The van der Waals surface area contributed by atoms with Crippen LogP contribution in [0.15, 0.2) is 28.9 Å². The van der Waals surface area contributed by atoms with E-state index in [2.05, 4.69) is 15.1 Å². The van der Waals surface area contributed by atoms with Crippen LogP contribution in [0.2, 0.25) is 0 Å². The van der Waals surface area contributed by atoms with Crippen LogP contribution in [0.1, 0.15) is 24.7 Å². The molecule has 1 saturated carbocycles. The van der Waals surface area contributed by atoms with Gasteiger partial charge in [0, 0.05) is 6.20 Å². The average Bonchev–Trinajstić information content (AvgIpc) is 3.07. The van der Waals surface area contributed by atoms with Crippen LogP contribution in [-0.2, 0) is 0 Å². The minimum absolute atomic E-state index is 0.0961. The van der Waals surface area contributed by atoms with Crippen LogP contribution in [0.3, 0.4) is 0 Å². The molecule has 16 heavy (non-hydrogen) atoms. The second-order valence-electron chi connectivity index (χ2n) is 4.04. The zero-order valence-electron chi connectivity index (χ0n) is 8.71. The van der Waals surface area contributed by atoms with Crippen molar-refractivity contribution in [1.29, 1.82) is 0 Å². The highest BCUT2D eigenvalue weighted by Crippen LogP contribution is 2.38. The van der Waals surface area contributed by atoms with Crippen molar-refractivity contribution in [3.8, 4) is 11.6 Å². The highest BCUT2D eigenvalue weighted by molar-refractivity contribution is 5.45. The third-order valence-electron chi connectivity index (χ3n) is 2.75. The van der Waals surface area contributed by atoms with E-state index in [1.54, 1.807) is 6.20 Å². The van der Waals surface area contributed by atoms with Crippen molar-refractivity contribution in [2.75, 3.05) is 0 Å². The molecular formula is C11H12N4O. The molecule has 0 bridgehead atoms. The van der Waals surface area contributed by atoms with E-state index in [0.717, 1.165) is 12.8 Å². The van der Waals surface area contributed by atoms with Gasteiger partial charge in [0.1, 0.15) is 5.69 Å². The number of hydrogen-bond donors (Lipinski definition) is 1. The Morgan fingerprint density at radius 1 is 1.38 bits per heavy atom. The summed E-state index contributed by atoms with van der Waals surface area (Å²) in [5, 5.41) is 3.90. The molecule has 3 rings (SSSR count). The molecule has 5 heteroatoms. The molecule has 1 aliphatic carbocycles. The second kappa shape index (κ2) is 3.68. The fraction of sp³-hybridized carbons (Fsp3) is 0.364. The number of hydrogen-bond acceptors (Lipinski definition) is 5. The highest BCUT2D eigenvalue weighted by Gasteiger charge is 2.32. The molecule has 2 heterocycles. The van der Waals surface area contributed by atoms with Crippen LogP contribution in [0.5, 0.6) is 0 Å². The summed E-state index contributed by atoms with van der Waals surface area (Å²) in [4.78, 5) is 8.42. The summed E-state index contributed by atoms with van der Waals surface area (Å²) in [6.07, 6.45) is 4.02. The number of nitrogens with two attached hydrogens (primary N) is 1. The lowest BCUT2D eigenvalue weighted by molar-refractivity contribution is 0.410. The first kappa shape index (κ1) is 9.47. The van der Waals surface area contributed by atoms with Crippen molar-refractivity contribution in [2.24, 2.45) is 11.7 Å². The van der Waals surface area contributed by atoms with Gasteiger partial charge in [-0.15, -0.1) is 0 Å². The van der Waals surface area contributed by atoms with Crippen molar-refractivity contribution in [2.45, 2.75) is 18.9 Å². The van der Waals surface area contributed by atoms with E-state index in [-0.39, 0.29) is 6.04 Å². The van der Waals surface area contributed by atoms with E-state index in [1.807, 2.05) is 18.2 Å². The lowest BCUT2D eigenvalue weighted by Gasteiger charge is -2.01. The van der Waals surface area contributed by atoms with E-state index in [0.29, 0.717) is 23.3 Å². The number of pyridine rings is 1. The van der Waals surface area contributed by atoms with Crippen LogP contribution in [0.4, 0.5) is 0 Å². The van der Waals surface area contributed by atoms with Gasteiger partial charge in [0.25, 0.3) is 5.89 Å².